The lowest BCUT2D eigenvalue weighted by molar-refractivity contribution is 0.118. The summed E-state index contributed by atoms with van der Waals surface area (Å²) < 4.78 is 4.79. The molecule has 1 aliphatic rings. The highest BCUT2D eigenvalue weighted by molar-refractivity contribution is 5.99. The monoisotopic (exact) mass is 353 g/mol. The molecule has 3 amide bonds. The van der Waals surface area contributed by atoms with Gasteiger partial charge in [0.05, 0.1) is 7.11 Å². The van der Waals surface area contributed by atoms with Gasteiger partial charge in [-0.05, 0) is 66.8 Å². The normalized spacial score (nSPS) is 13.0. The Kier molecular flexibility index (Phi) is 5.11. The molecule has 0 unspecified atom stereocenters. The van der Waals surface area contributed by atoms with Crippen LogP contribution in [0.25, 0.3) is 0 Å². The Morgan fingerprint density at radius 3 is 2.35 bits per heavy atom. The zero-order valence-corrected chi connectivity index (χ0v) is 15.3. The van der Waals surface area contributed by atoms with Crippen LogP contribution in [-0.2, 0) is 17.7 Å². The first kappa shape index (κ1) is 17.8. The van der Waals surface area contributed by atoms with Crippen LogP contribution in [0.4, 0.5) is 21.0 Å². The maximum Gasteiger partial charge on any atom is 0.409 e. The van der Waals surface area contributed by atoms with Crippen molar-refractivity contribution in [2.75, 3.05) is 24.3 Å². The fourth-order valence-corrected chi connectivity index (χ4v) is 3.26. The number of methoxy groups -OCH3 is 1. The van der Waals surface area contributed by atoms with Crippen molar-refractivity contribution in [3.63, 3.8) is 0 Å². The Hall–Kier alpha value is -3.02. The van der Waals surface area contributed by atoms with Gasteiger partial charge in [-0.2, -0.15) is 0 Å². The zero-order valence-electron chi connectivity index (χ0n) is 15.3. The smallest absolute Gasteiger partial charge is 0.409 e. The van der Waals surface area contributed by atoms with E-state index in [-0.39, 0.29) is 12.1 Å². The molecule has 6 heteroatoms. The summed E-state index contributed by atoms with van der Waals surface area (Å²) in [5.74, 6) is 0. The summed E-state index contributed by atoms with van der Waals surface area (Å²) in [6.45, 7) is 5.11. The molecule has 0 saturated heterocycles. The Morgan fingerprint density at radius 1 is 0.962 bits per heavy atom. The molecular formula is C20H23N3O3. The van der Waals surface area contributed by atoms with Crippen molar-refractivity contribution in [2.24, 2.45) is 0 Å². The second-order valence-corrected chi connectivity index (χ2v) is 6.58. The van der Waals surface area contributed by atoms with Gasteiger partial charge in [0.15, 0.2) is 0 Å². The molecule has 0 aliphatic carbocycles. The maximum atomic E-state index is 12.3. The lowest BCUT2D eigenvalue weighted by Crippen LogP contribution is -2.35. The van der Waals surface area contributed by atoms with Crippen molar-refractivity contribution in [3.8, 4) is 0 Å². The van der Waals surface area contributed by atoms with Gasteiger partial charge in [-0.15, -0.1) is 0 Å². The molecule has 1 aliphatic heterocycles. The van der Waals surface area contributed by atoms with Crippen LogP contribution in [0.3, 0.4) is 0 Å². The van der Waals surface area contributed by atoms with Crippen LogP contribution in [0.2, 0.25) is 0 Å². The van der Waals surface area contributed by atoms with Crippen molar-refractivity contribution in [2.45, 2.75) is 26.8 Å². The molecule has 0 fully saturated rings. The Morgan fingerprint density at radius 2 is 1.65 bits per heavy atom. The van der Waals surface area contributed by atoms with Gasteiger partial charge in [-0.3, -0.25) is 0 Å². The fourth-order valence-electron chi connectivity index (χ4n) is 3.26. The van der Waals surface area contributed by atoms with E-state index in [0.717, 1.165) is 28.8 Å². The summed E-state index contributed by atoms with van der Waals surface area (Å²) in [5, 5.41) is 5.71. The number of fused-ring (bicyclic) bond motifs is 1. The Bertz CT molecular complexity index is 828. The largest absolute Gasteiger partial charge is 0.453 e. The third kappa shape index (κ3) is 4.14. The van der Waals surface area contributed by atoms with E-state index >= 15 is 0 Å². The van der Waals surface area contributed by atoms with Gasteiger partial charge < -0.3 is 20.3 Å². The van der Waals surface area contributed by atoms with Gasteiger partial charge in [0.25, 0.3) is 0 Å². The molecule has 1 heterocycles. The molecule has 136 valence electrons. The average molecular weight is 353 g/mol. The number of urea groups is 1. The van der Waals surface area contributed by atoms with Crippen LogP contribution in [0.5, 0.6) is 0 Å². The third-order valence-electron chi connectivity index (χ3n) is 4.39. The van der Waals surface area contributed by atoms with Crippen LogP contribution < -0.4 is 10.6 Å². The number of ether oxygens (including phenoxy) is 1. The van der Waals surface area contributed by atoms with Crippen LogP contribution in [0.1, 0.15) is 22.3 Å². The van der Waals surface area contributed by atoms with E-state index in [4.69, 9.17) is 4.74 Å². The van der Waals surface area contributed by atoms with Gasteiger partial charge in [0.2, 0.25) is 0 Å². The van der Waals surface area contributed by atoms with Crippen molar-refractivity contribution in [1.82, 2.24) is 4.90 Å². The van der Waals surface area contributed by atoms with Gasteiger partial charge >= 0.3 is 12.1 Å². The predicted molar refractivity (Wildman–Crippen MR) is 102 cm³/mol. The number of anilines is 2. The first-order chi connectivity index (χ1) is 12.4. The average Bonchev–Trinajstić information content (AvgIpc) is 2.59. The number of hydrogen-bond donors (Lipinski definition) is 2. The molecule has 0 radical (unpaired) electrons. The summed E-state index contributed by atoms with van der Waals surface area (Å²) in [4.78, 5) is 25.7. The summed E-state index contributed by atoms with van der Waals surface area (Å²) in [7, 11) is 1.38. The number of hydrogen-bond acceptors (Lipinski definition) is 3. The highest BCUT2D eigenvalue weighted by Gasteiger charge is 2.21. The number of rotatable bonds is 2. The van der Waals surface area contributed by atoms with Crippen molar-refractivity contribution in [3.05, 3.63) is 58.7 Å². The number of carbonyl (C=O) groups excluding carboxylic acids is 2. The van der Waals surface area contributed by atoms with Crippen LogP contribution >= 0.6 is 0 Å². The SMILES string of the molecule is COC(=O)N1CCc2ccc(NC(=O)Nc3cc(C)cc(C)c3)cc2C1. The standard InChI is InChI=1S/C20H23N3O3/c1-13-8-14(2)10-18(9-13)22-19(24)21-17-5-4-15-6-7-23(20(25)26-3)12-16(15)11-17/h4-5,8-11H,6-7,12H2,1-3H3,(H2,21,22,24). The number of nitrogens with zero attached hydrogens (tertiary/aromatic N) is 1. The van der Waals surface area contributed by atoms with Gasteiger partial charge in [0, 0.05) is 24.5 Å². The lowest BCUT2D eigenvalue weighted by Gasteiger charge is -2.28. The van der Waals surface area contributed by atoms with Gasteiger partial charge in [-0.1, -0.05) is 12.1 Å². The molecule has 0 bridgehead atoms. The predicted octanol–water partition coefficient (Wildman–Crippen LogP) is 4.07. The molecule has 0 saturated carbocycles. The second-order valence-electron chi connectivity index (χ2n) is 6.58. The minimum atomic E-state index is -0.332. The topological polar surface area (TPSA) is 70.7 Å². The summed E-state index contributed by atoms with van der Waals surface area (Å²) in [6, 6.07) is 11.4. The molecule has 2 aromatic rings. The molecular weight excluding hydrogens is 330 g/mol. The van der Waals surface area contributed by atoms with Gasteiger partial charge in [-0.25, -0.2) is 9.59 Å². The fraction of sp³-hybridized carbons (Fsp3) is 0.300. The number of benzene rings is 2. The molecule has 26 heavy (non-hydrogen) atoms. The van der Waals surface area contributed by atoms with E-state index < -0.39 is 0 Å². The second kappa shape index (κ2) is 7.47. The highest BCUT2D eigenvalue weighted by Crippen LogP contribution is 2.23. The van der Waals surface area contributed by atoms with Crippen LogP contribution in [-0.4, -0.2) is 30.7 Å². The van der Waals surface area contributed by atoms with Crippen molar-refractivity contribution >= 4 is 23.5 Å². The Balaban J connectivity index is 1.69. The summed E-state index contributed by atoms with van der Waals surface area (Å²) >= 11 is 0. The molecule has 2 N–H and O–H groups in total. The quantitative estimate of drug-likeness (QED) is 0.855. The lowest BCUT2D eigenvalue weighted by atomic mass is 9.99. The van der Waals surface area contributed by atoms with Crippen LogP contribution in [0.15, 0.2) is 36.4 Å². The van der Waals surface area contributed by atoms with Crippen LogP contribution in [0, 0.1) is 13.8 Å². The van der Waals surface area contributed by atoms with Crippen molar-refractivity contribution < 1.29 is 14.3 Å². The highest BCUT2D eigenvalue weighted by atomic mass is 16.5. The first-order valence-corrected chi connectivity index (χ1v) is 8.55. The van der Waals surface area contributed by atoms with E-state index in [0.29, 0.717) is 18.8 Å². The van der Waals surface area contributed by atoms with E-state index in [9.17, 15) is 9.59 Å². The Labute approximate surface area is 153 Å². The summed E-state index contributed by atoms with van der Waals surface area (Å²) in [6.07, 6.45) is 0.445. The number of nitrogens with one attached hydrogen (secondary N) is 2. The maximum absolute atomic E-state index is 12.3. The number of carbonyl (C=O) groups is 2. The van der Waals surface area contributed by atoms with Crippen molar-refractivity contribution in [1.29, 1.82) is 0 Å². The first-order valence-electron chi connectivity index (χ1n) is 8.55. The van der Waals surface area contributed by atoms with E-state index in [1.165, 1.54) is 12.7 Å². The van der Waals surface area contributed by atoms with E-state index in [2.05, 4.69) is 16.7 Å². The van der Waals surface area contributed by atoms with Gasteiger partial charge in [0.1, 0.15) is 0 Å². The molecule has 6 nitrogen and oxygen atoms in total. The zero-order chi connectivity index (χ0) is 18.7. The van der Waals surface area contributed by atoms with E-state index in [1.54, 1.807) is 4.90 Å². The molecule has 0 spiro atoms. The molecule has 2 aromatic carbocycles. The minimum Gasteiger partial charge on any atom is -0.453 e. The molecule has 0 aromatic heterocycles. The number of amides is 3. The molecule has 0 atom stereocenters. The third-order valence-corrected chi connectivity index (χ3v) is 4.39. The number of aryl methyl sites for hydroxylation is 2. The van der Waals surface area contributed by atoms with E-state index in [1.807, 2.05) is 44.2 Å². The minimum absolute atomic E-state index is 0.296. The molecule has 3 rings (SSSR count). The summed E-state index contributed by atoms with van der Waals surface area (Å²) in [5.41, 5.74) is 5.84.